The fourth-order valence-corrected chi connectivity index (χ4v) is 2.07. The Kier molecular flexibility index (Phi) is 4.04. The molecule has 0 saturated carbocycles. The van der Waals surface area contributed by atoms with Crippen molar-refractivity contribution in [3.8, 4) is 0 Å². The van der Waals surface area contributed by atoms with Crippen LogP contribution >= 0.6 is 11.3 Å². The summed E-state index contributed by atoms with van der Waals surface area (Å²) in [4.78, 5) is 14.8. The number of ketones is 1. The summed E-state index contributed by atoms with van der Waals surface area (Å²) >= 11 is 0.850. The summed E-state index contributed by atoms with van der Waals surface area (Å²) < 4.78 is 73.3. The maximum atomic E-state index is 12.2. The maximum Gasteiger partial charge on any atom is 0.407 e. The number of carbonyl (C=O) groups is 1. The summed E-state index contributed by atoms with van der Waals surface area (Å²) in [7, 11) is 0. The van der Waals surface area contributed by atoms with Gasteiger partial charge in [0.25, 0.3) is 0 Å². The highest BCUT2D eigenvalue weighted by Gasteiger charge is 2.60. The van der Waals surface area contributed by atoms with E-state index < -0.39 is 30.5 Å². The van der Waals surface area contributed by atoms with E-state index in [9.17, 15) is 31.1 Å². The molecule has 0 aliphatic carbocycles. The summed E-state index contributed by atoms with van der Waals surface area (Å²) in [5.41, 5.74) is 0.443. The lowest BCUT2D eigenvalue weighted by molar-refractivity contribution is -0.273. The Morgan fingerprint density at radius 1 is 1.28 bits per heavy atom. The van der Waals surface area contributed by atoms with Gasteiger partial charge in [-0.3, -0.25) is 4.79 Å². The molecule has 0 saturated heterocycles. The first kappa shape index (κ1) is 14.9. The number of halogens is 6. The first-order valence-electron chi connectivity index (χ1n) is 4.59. The second-order valence-electron chi connectivity index (χ2n) is 3.54. The molecular formula is C9H7F6NOS. The molecule has 0 aliphatic heterocycles. The standard InChI is InChI=1S/C9H7F6NOS/c1-4-3-18-6(16-4)2-5(17)7(8(10,11)12)9(13,14)15/h3,7H,2H2,1H3. The Labute approximate surface area is 102 Å². The van der Waals surface area contributed by atoms with E-state index in [4.69, 9.17) is 0 Å². The van der Waals surface area contributed by atoms with Crippen molar-refractivity contribution in [1.82, 2.24) is 4.98 Å². The third-order valence-electron chi connectivity index (χ3n) is 1.97. The zero-order valence-electron chi connectivity index (χ0n) is 8.89. The van der Waals surface area contributed by atoms with Gasteiger partial charge in [-0.15, -0.1) is 11.3 Å². The molecule has 0 atom stereocenters. The number of hydrogen-bond acceptors (Lipinski definition) is 3. The van der Waals surface area contributed by atoms with Gasteiger partial charge in [-0.05, 0) is 6.92 Å². The second kappa shape index (κ2) is 4.87. The maximum absolute atomic E-state index is 12.2. The van der Waals surface area contributed by atoms with Crippen LogP contribution in [0.2, 0.25) is 0 Å². The van der Waals surface area contributed by atoms with E-state index in [1.54, 1.807) is 0 Å². The largest absolute Gasteiger partial charge is 0.407 e. The molecule has 18 heavy (non-hydrogen) atoms. The Morgan fingerprint density at radius 3 is 2.11 bits per heavy atom. The van der Waals surface area contributed by atoms with Crippen LogP contribution in [0.1, 0.15) is 10.7 Å². The number of Topliss-reactive ketones (excluding diaryl/α,β-unsaturated/α-hetero) is 1. The number of nitrogens with zero attached hydrogens (tertiary/aromatic N) is 1. The summed E-state index contributed by atoms with van der Waals surface area (Å²) in [6.45, 7) is 1.52. The van der Waals surface area contributed by atoms with Gasteiger partial charge in [-0.2, -0.15) is 26.3 Å². The van der Waals surface area contributed by atoms with Gasteiger partial charge in [0.15, 0.2) is 5.78 Å². The van der Waals surface area contributed by atoms with Crippen molar-refractivity contribution in [2.45, 2.75) is 25.7 Å². The van der Waals surface area contributed by atoms with Crippen LogP contribution in [0.3, 0.4) is 0 Å². The highest BCUT2D eigenvalue weighted by atomic mass is 32.1. The molecule has 1 aromatic rings. The average Bonchev–Trinajstić information content (AvgIpc) is 2.44. The highest BCUT2D eigenvalue weighted by Crippen LogP contribution is 2.40. The molecule has 1 rings (SSSR count). The number of thiazole rings is 1. The molecule has 0 spiro atoms. The predicted molar refractivity (Wildman–Crippen MR) is 51.2 cm³/mol. The third-order valence-corrected chi connectivity index (χ3v) is 2.94. The fourth-order valence-electron chi connectivity index (χ4n) is 1.29. The van der Waals surface area contributed by atoms with Crippen LogP contribution < -0.4 is 0 Å². The van der Waals surface area contributed by atoms with Crippen molar-refractivity contribution in [3.63, 3.8) is 0 Å². The second-order valence-corrected chi connectivity index (χ2v) is 4.48. The normalized spacial score (nSPS) is 13.1. The Bertz CT molecular complexity index is 421. The monoisotopic (exact) mass is 291 g/mol. The van der Waals surface area contributed by atoms with Crippen molar-refractivity contribution < 1.29 is 31.1 Å². The fraction of sp³-hybridized carbons (Fsp3) is 0.556. The number of carbonyl (C=O) groups excluding carboxylic acids is 1. The van der Waals surface area contributed by atoms with Gasteiger partial charge in [0.2, 0.25) is 5.92 Å². The molecule has 0 bridgehead atoms. The first-order chi connectivity index (χ1) is 8.01. The number of rotatable bonds is 3. The van der Waals surface area contributed by atoms with Crippen LogP contribution in [0.4, 0.5) is 26.3 Å². The molecule has 0 aliphatic rings. The van der Waals surface area contributed by atoms with Crippen molar-refractivity contribution in [1.29, 1.82) is 0 Å². The predicted octanol–water partition coefficient (Wildman–Crippen LogP) is 3.30. The van der Waals surface area contributed by atoms with Crippen LogP contribution in [0, 0.1) is 12.8 Å². The molecule has 9 heteroatoms. The van der Waals surface area contributed by atoms with Gasteiger partial charge in [0, 0.05) is 11.1 Å². The summed E-state index contributed by atoms with van der Waals surface area (Å²) in [5.74, 6) is -5.89. The van der Waals surface area contributed by atoms with E-state index in [1.165, 1.54) is 12.3 Å². The molecule has 0 radical (unpaired) electrons. The van der Waals surface area contributed by atoms with Gasteiger partial charge >= 0.3 is 12.4 Å². The molecule has 0 amide bonds. The minimum Gasteiger partial charge on any atom is -0.298 e. The molecule has 2 nitrogen and oxygen atoms in total. The van der Waals surface area contributed by atoms with E-state index in [0.29, 0.717) is 5.69 Å². The van der Waals surface area contributed by atoms with Crippen LogP contribution in [0.25, 0.3) is 0 Å². The van der Waals surface area contributed by atoms with Crippen LogP contribution in [-0.2, 0) is 11.2 Å². The lowest BCUT2D eigenvalue weighted by atomic mass is 10.0. The van der Waals surface area contributed by atoms with Crippen LogP contribution in [-0.4, -0.2) is 23.1 Å². The van der Waals surface area contributed by atoms with Gasteiger partial charge in [0.1, 0.15) is 5.01 Å². The van der Waals surface area contributed by atoms with E-state index in [0.717, 1.165) is 11.3 Å². The van der Waals surface area contributed by atoms with E-state index in [2.05, 4.69) is 4.98 Å². The van der Waals surface area contributed by atoms with Gasteiger partial charge in [-0.25, -0.2) is 4.98 Å². The molecule has 0 N–H and O–H groups in total. The van der Waals surface area contributed by atoms with Gasteiger partial charge in [0.05, 0.1) is 6.42 Å². The molecule has 1 aromatic heterocycles. The lowest BCUT2D eigenvalue weighted by Crippen LogP contribution is -2.43. The summed E-state index contributed by atoms with van der Waals surface area (Å²) in [6.07, 6.45) is -12.2. The summed E-state index contributed by atoms with van der Waals surface area (Å²) in [5, 5.41) is 1.38. The smallest absolute Gasteiger partial charge is 0.298 e. The molecule has 102 valence electrons. The van der Waals surface area contributed by atoms with Crippen molar-refractivity contribution in [2.24, 2.45) is 5.92 Å². The minimum absolute atomic E-state index is 0.0593. The topological polar surface area (TPSA) is 30.0 Å². The highest BCUT2D eigenvalue weighted by molar-refractivity contribution is 7.09. The van der Waals surface area contributed by atoms with E-state index >= 15 is 0 Å². The van der Waals surface area contributed by atoms with Crippen LogP contribution in [0.5, 0.6) is 0 Å². The van der Waals surface area contributed by atoms with E-state index in [-0.39, 0.29) is 5.01 Å². The van der Waals surface area contributed by atoms with Crippen molar-refractivity contribution in [3.05, 3.63) is 16.1 Å². The Hall–Kier alpha value is -1.12. The average molecular weight is 291 g/mol. The zero-order valence-corrected chi connectivity index (χ0v) is 9.71. The first-order valence-corrected chi connectivity index (χ1v) is 5.47. The number of hydrogen-bond donors (Lipinski definition) is 0. The van der Waals surface area contributed by atoms with Crippen molar-refractivity contribution in [2.75, 3.05) is 0 Å². The Balaban J connectivity index is 2.91. The van der Waals surface area contributed by atoms with Gasteiger partial charge < -0.3 is 0 Å². The van der Waals surface area contributed by atoms with E-state index in [1.807, 2.05) is 0 Å². The molecular weight excluding hydrogens is 284 g/mol. The lowest BCUT2D eigenvalue weighted by Gasteiger charge is -2.21. The molecule has 1 heterocycles. The third kappa shape index (κ3) is 3.69. The quantitative estimate of drug-likeness (QED) is 0.800. The Morgan fingerprint density at radius 2 is 1.78 bits per heavy atom. The zero-order chi connectivity index (χ0) is 14.1. The molecule has 0 unspecified atom stereocenters. The molecule has 0 fully saturated rings. The minimum atomic E-state index is -5.64. The number of alkyl halides is 6. The summed E-state index contributed by atoms with van der Waals surface area (Å²) in [6, 6.07) is 0. The SMILES string of the molecule is Cc1csc(CC(=O)C(C(F)(F)F)C(F)(F)F)n1. The molecule has 0 aromatic carbocycles. The van der Waals surface area contributed by atoms with Crippen LogP contribution in [0.15, 0.2) is 5.38 Å². The number of aryl methyl sites for hydroxylation is 1. The van der Waals surface area contributed by atoms with Gasteiger partial charge in [-0.1, -0.05) is 0 Å². The number of aromatic nitrogens is 1. The van der Waals surface area contributed by atoms with Crippen molar-refractivity contribution >= 4 is 17.1 Å².